The molecule has 0 saturated carbocycles. The van der Waals surface area contributed by atoms with E-state index in [9.17, 15) is 9.59 Å². The van der Waals surface area contributed by atoms with E-state index in [-0.39, 0.29) is 18.0 Å². The molecule has 2 aliphatic rings. The standard InChI is InChI=1S/C23H38N6O3/c1-3-11-24-20-15-21(26-17-25-20)29-12-5-6-18(16-29)7-8-22(30)27-19-9-13-28(14-10-19)23(31)32-4-2/h15,17-19H,3-14,16H2,1-2H3,(H,27,30)(H,24,25,26)/t18-/m1/s1. The molecule has 0 bridgehead atoms. The van der Waals surface area contributed by atoms with E-state index in [2.05, 4.69) is 32.4 Å². The molecule has 9 heteroatoms. The molecule has 1 aromatic heterocycles. The monoisotopic (exact) mass is 446 g/mol. The molecule has 1 aromatic rings. The van der Waals surface area contributed by atoms with Crippen LogP contribution in [-0.4, -0.2) is 72.2 Å². The topological polar surface area (TPSA) is 99.7 Å². The molecule has 3 heterocycles. The van der Waals surface area contributed by atoms with Crippen LogP contribution in [-0.2, 0) is 9.53 Å². The van der Waals surface area contributed by atoms with Gasteiger partial charge in [-0.1, -0.05) is 6.92 Å². The SMILES string of the molecule is CCCNc1cc(N2CCC[C@H](CCC(=O)NC3CCN(C(=O)OCC)CC3)C2)ncn1. The number of carbonyl (C=O) groups excluding carboxylic acids is 2. The average molecular weight is 447 g/mol. The second-order valence-electron chi connectivity index (χ2n) is 8.71. The summed E-state index contributed by atoms with van der Waals surface area (Å²) in [5.74, 6) is 2.43. The summed E-state index contributed by atoms with van der Waals surface area (Å²) in [6.07, 6.45) is 7.67. The maximum atomic E-state index is 12.5. The summed E-state index contributed by atoms with van der Waals surface area (Å²) < 4.78 is 5.05. The van der Waals surface area contributed by atoms with E-state index in [1.807, 2.05) is 13.0 Å². The molecule has 1 atom stereocenters. The van der Waals surface area contributed by atoms with Gasteiger partial charge >= 0.3 is 6.09 Å². The van der Waals surface area contributed by atoms with Crippen LogP contribution in [0.4, 0.5) is 16.4 Å². The lowest BCUT2D eigenvalue weighted by atomic mass is 9.93. The third-order valence-electron chi connectivity index (χ3n) is 6.22. The molecule has 2 fully saturated rings. The van der Waals surface area contributed by atoms with E-state index in [0.717, 1.165) is 69.8 Å². The maximum Gasteiger partial charge on any atom is 0.409 e. The van der Waals surface area contributed by atoms with Gasteiger partial charge in [0.05, 0.1) is 6.61 Å². The van der Waals surface area contributed by atoms with Gasteiger partial charge in [-0.15, -0.1) is 0 Å². The van der Waals surface area contributed by atoms with Crippen molar-refractivity contribution in [1.29, 1.82) is 0 Å². The van der Waals surface area contributed by atoms with Crippen LogP contribution >= 0.6 is 0 Å². The van der Waals surface area contributed by atoms with Gasteiger partial charge in [-0.2, -0.15) is 0 Å². The molecule has 0 aromatic carbocycles. The second kappa shape index (κ2) is 12.5. The van der Waals surface area contributed by atoms with Crippen molar-refractivity contribution >= 4 is 23.6 Å². The summed E-state index contributed by atoms with van der Waals surface area (Å²) in [5, 5.41) is 6.48. The Labute approximate surface area is 191 Å². The smallest absolute Gasteiger partial charge is 0.409 e. The third kappa shape index (κ3) is 7.24. The summed E-state index contributed by atoms with van der Waals surface area (Å²) in [5.41, 5.74) is 0. The molecule has 9 nitrogen and oxygen atoms in total. The third-order valence-corrected chi connectivity index (χ3v) is 6.22. The summed E-state index contributed by atoms with van der Waals surface area (Å²) in [6, 6.07) is 2.17. The number of nitrogens with zero attached hydrogens (tertiary/aromatic N) is 4. The predicted octanol–water partition coefficient (Wildman–Crippen LogP) is 3.03. The fraction of sp³-hybridized carbons (Fsp3) is 0.739. The van der Waals surface area contributed by atoms with Crippen molar-refractivity contribution in [3.8, 4) is 0 Å². The first-order chi connectivity index (χ1) is 15.6. The van der Waals surface area contributed by atoms with E-state index in [1.54, 1.807) is 11.2 Å². The number of amides is 2. The highest BCUT2D eigenvalue weighted by Gasteiger charge is 2.26. The van der Waals surface area contributed by atoms with Crippen molar-refractivity contribution in [1.82, 2.24) is 20.2 Å². The number of hydrogen-bond acceptors (Lipinski definition) is 7. The Morgan fingerprint density at radius 1 is 1.16 bits per heavy atom. The Kier molecular flexibility index (Phi) is 9.37. The molecule has 32 heavy (non-hydrogen) atoms. The molecule has 2 saturated heterocycles. The number of ether oxygens (including phenoxy) is 1. The first-order valence-corrected chi connectivity index (χ1v) is 12.1. The number of likely N-dealkylation sites (tertiary alicyclic amines) is 1. The fourth-order valence-corrected chi connectivity index (χ4v) is 4.43. The number of anilines is 2. The molecule has 0 radical (unpaired) electrons. The van der Waals surface area contributed by atoms with Crippen LogP contribution in [0.2, 0.25) is 0 Å². The van der Waals surface area contributed by atoms with Crippen LogP contribution in [0.25, 0.3) is 0 Å². The lowest BCUT2D eigenvalue weighted by molar-refractivity contribution is -0.122. The van der Waals surface area contributed by atoms with Gasteiger partial charge in [0, 0.05) is 51.3 Å². The molecule has 3 rings (SSSR count). The van der Waals surface area contributed by atoms with E-state index < -0.39 is 0 Å². The van der Waals surface area contributed by atoms with Crippen LogP contribution < -0.4 is 15.5 Å². The highest BCUT2D eigenvalue weighted by Crippen LogP contribution is 2.25. The minimum atomic E-state index is -0.254. The van der Waals surface area contributed by atoms with Gasteiger partial charge in [0.2, 0.25) is 5.91 Å². The lowest BCUT2D eigenvalue weighted by Crippen LogP contribution is -2.46. The predicted molar refractivity (Wildman–Crippen MR) is 125 cm³/mol. The summed E-state index contributed by atoms with van der Waals surface area (Å²) in [7, 11) is 0. The number of carbonyl (C=O) groups is 2. The van der Waals surface area contributed by atoms with E-state index in [0.29, 0.717) is 32.0 Å². The molecule has 0 spiro atoms. The maximum absolute atomic E-state index is 12.5. The Morgan fingerprint density at radius 2 is 1.97 bits per heavy atom. The quantitative estimate of drug-likeness (QED) is 0.601. The Hall–Kier alpha value is -2.58. The number of aromatic nitrogens is 2. The zero-order valence-electron chi connectivity index (χ0n) is 19.5. The molecule has 178 valence electrons. The van der Waals surface area contributed by atoms with E-state index in [1.165, 1.54) is 0 Å². The van der Waals surface area contributed by atoms with Gasteiger partial charge in [0.15, 0.2) is 0 Å². The van der Waals surface area contributed by atoms with Crippen molar-refractivity contribution in [2.75, 3.05) is 49.5 Å². The molecule has 0 unspecified atom stereocenters. The number of rotatable bonds is 9. The largest absolute Gasteiger partial charge is 0.450 e. The average Bonchev–Trinajstić information content (AvgIpc) is 2.82. The van der Waals surface area contributed by atoms with Crippen LogP contribution in [0, 0.1) is 5.92 Å². The lowest BCUT2D eigenvalue weighted by Gasteiger charge is -2.34. The van der Waals surface area contributed by atoms with E-state index in [4.69, 9.17) is 4.74 Å². The number of nitrogens with one attached hydrogen (secondary N) is 2. The van der Waals surface area contributed by atoms with E-state index >= 15 is 0 Å². The summed E-state index contributed by atoms with van der Waals surface area (Å²) in [4.78, 5) is 37.1. The Bertz CT molecular complexity index is 738. The molecule has 0 aliphatic carbocycles. The minimum absolute atomic E-state index is 0.116. The minimum Gasteiger partial charge on any atom is -0.450 e. The second-order valence-corrected chi connectivity index (χ2v) is 8.71. The fourth-order valence-electron chi connectivity index (χ4n) is 4.43. The number of hydrogen-bond donors (Lipinski definition) is 2. The molecule has 2 aliphatic heterocycles. The van der Waals surface area contributed by atoms with Crippen LogP contribution in [0.15, 0.2) is 12.4 Å². The van der Waals surface area contributed by atoms with Gasteiger partial charge in [-0.3, -0.25) is 4.79 Å². The van der Waals surface area contributed by atoms with Crippen LogP contribution in [0.1, 0.15) is 58.8 Å². The van der Waals surface area contributed by atoms with Crippen molar-refractivity contribution in [2.24, 2.45) is 5.92 Å². The highest BCUT2D eigenvalue weighted by atomic mass is 16.6. The van der Waals surface area contributed by atoms with Gasteiger partial charge in [0.25, 0.3) is 0 Å². The van der Waals surface area contributed by atoms with Crippen molar-refractivity contribution < 1.29 is 14.3 Å². The van der Waals surface area contributed by atoms with Gasteiger partial charge in [-0.05, 0) is 51.4 Å². The van der Waals surface area contributed by atoms with Gasteiger partial charge < -0.3 is 25.2 Å². The van der Waals surface area contributed by atoms with Crippen molar-refractivity contribution in [2.45, 2.75) is 64.8 Å². The molecular weight excluding hydrogens is 408 g/mol. The summed E-state index contributed by atoms with van der Waals surface area (Å²) in [6.45, 7) is 8.42. The Balaban J connectivity index is 1.39. The zero-order valence-corrected chi connectivity index (χ0v) is 19.5. The van der Waals surface area contributed by atoms with Crippen molar-refractivity contribution in [3.05, 3.63) is 12.4 Å². The highest BCUT2D eigenvalue weighted by molar-refractivity contribution is 5.76. The zero-order chi connectivity index (χ0) is 22.8. The van der Waals surface area contributed by atoms with Gasteiger partial charge in [0.1, 0.15) is 18.0 Å². The van der Waals surface area contributed by atoms with Crippen LogP contribution in [0.5, 0.6) is 0 Å². The first kappa shape index (κ1) is 24.1. The first-order valence-electron chi connectivity index (χ1n) is 12.1. The summed E-state index contributed by atoms with van der Waals surface area (Å²) >= 11 is 0. The van der Waals surface area contributed by atoms with Crippen molar-refractivity contribution in [3.63, 3.8) is 0 Å². The number of piperidine rings is 2. The Morgan fingerprint density at radius 3 is 2.72 bits per heavy atom. The van der Waals surface area contributed by atoms with Crippen LogP contribution in [0.3, 0.4) is 0 Å². The molecule has 2 N–H and O–H groups in total. The molecule has 2 amide bonds. The molecular formula is C23H38N6O3. The van der Waals surface area contributed by atoms with Gasteiger partial charge in [-0.25, -0.2) is 14.8 Å². The normalized spacial score (nSPS) is 19.5.